The highest BCUT2D eigenvalue weighted by Crippen LogP contribution is 2.32. The molecule has 31 heavy (non-hydrogen) atoms. The van der Waals surface area contributed by atoms with Crippen molar-refractivity contribution >= 4 is 27.6 Å². The number of sulfonamides is 1. The summed E-state index contributed by atoms with van der Waals surface area (Å²) >= 11 is 6.11. The third kappa shape index (κ3) is 5.58. The smallest absolute Gasteiger partial charge is 0.416 e. The van der Waals surface area contributed by atoms with Crippen LogP contribution in [-0.4, -0.2) is 31.8 Å². The van der Waals surface area contributed by atoms with Crippen molar-refractivity contribution in [3.8, 4) is 0 Å². The van der Waals surface area contributed by atoms with Crippen molar-refractivity contribution in [2.45, 2.75) is 43.4 Å². The van der Waals surface area contributed by atoms with Crippen LogP contribution in [0.2, 0.25) is 5.02 Å². The van der Waals surface area contributed by atoms with E-state index in [0.717, 1.165) is 37.8 Å². The van der Waals surface area contributed by atoms with E-state index in [-0.39, 0.29) is 21.0 Å². The second-order valence-corrected chi connectivity index (χ2v) is 9.51. The summed E-state index contributed by atoms with van der Waals surface area (Å²) in [7, 11) is -3.92. The molecule has 1 aliphatic rings. The molecule has 0 N–H and O–H groups in total. The monoisotopic (exact) mass is 475 g/mol. The Labute approximate surface area is 183 Å². The quantitative estimate of drug-likeness (QED) is 0.552. The SMILES string of the molecule is O=C(OCc1ccccc1C(F)(F)F)c1ccc(Cl)c(S(=O)(=O)N2CCCCCC2)c1. The molecule has 0 aromatic heterocycles. The zero-order valence-corrected chi connectivity index (χ0v) is 18.1. The van der Waals surface area contributed by atoms with Crippen LogP contribution in [0.5, 0.6) is 0 Å². The maximum atomic E-state index is 13.1. The van der Waals surface area contributed by atoms with Crippen LogP contribution in [0.4, 0.5) is 13.2 Å². The van der Waals surface area contributed by atoms with E-state index in [1.165, 1.54) is 34.6 Å². The first-order valence-corrected chi connectivity index (χ1v) is 11.5. The van der Waals surface area contributed by atoms with Crippen LogP contribution in [-0.2, 0) is 27.5 Å². The van der Waals surface area contributed by atoms with Crippen LogP contribution < -0.4 is 0 Å². The average Bonchev–Trinajstić information content (AvgIpc) is 3.02. The number of hydrogen-bond donors (Lipinski definition) is 0. The largest absolute Gasteiger partial charge is 0.457 e. The second kappa shape index (κ2) is 9.58. The van der Waals surface area contributed by atoms with E-state index in [1.807, 2.05) is 0 Å². The van der Waals surface area contributed by atoms with Gasteiger partial charge in [0.1, 0.15) is 11.5 Å². The van der Waals surface area contributed by atoms with Gasteiger partial charge in [0.25, 0.3) is 0 Å². The molecular weight excluding hydrogens is 455 g/mol. The normalized spacial score (nSPS) is 16.0. The third-order valence-corrected chi connectivity index (χ3v) is 7.41. The van der Waals surface area contributed by atoms with Crippen LogP contribution in [0.3, 0.4) is 0 Å². The summed E-state index contributed by atoms with van der Waals surface area (Å²) in [5, 5.41) is -0.0387. The Bertz CT molecular complexity index is 1050. The van der Waals surface area contributed by atoms with Gasteiger partial charge >= 0.3 is 12.1 Å². The summed E-state index contributed by atoms with van der Waals surface area (Å²) in [5.74, 6) is -0.944. The highest BCUT2D eigenvalue weighted by Gasteiger charge is 2.33. The Hall–Kier alpha value is -2.10. The Morgan fingerprint density at radius 1 is 1.03 bits per heavy atom. The molecule has 1 fully saturated rings. The lowest BCUT2D eigenvalue weighted by Crippen LogP contribution is -2.32. The minimum absolute atomic E-state index is 0.0387. The van der Waals surface area contributed by atoms with Crippen molar-refractivity contribution in [3.05, 3.63) is 64.2 Å². The van der Waals surface area contributed by atoms with Gasteiger partial charge in [0.2, 0.25) is 10.0 Å². The van der Waals surface area contributed by atoms with Gasteiger partial charge in [-0.15, -0.1) is 0 Å². The van der Waals surface area contributed by atoms with E-state index in [0.29, 0.717) is 13.1 Å². The average molecular weight is 476 g/mol. The maximum absolute atomic E-state index is 13.1. The number of alkyl halides is 3. The number of esters is 1. The molecule has 2 aromatic carbocycles. The molecule has 0 amide bonds. The molecule has 0 spiro atoms. The minimum atomic E-state index is -4.59. The minimum Gasteiger partial charge on any atom is -0.457 e. The molecule has 1 heterocycles. The topological polar surface area (TPSA) is 63.7 Å². The highest BCUT2D eigenvalue weighted by molar-refractivity contribution is 7.89. The molecule has 2 aromatic rings. The van der Waals surface area contributed by atoms with Crippen molar-refractivity contribution in [1.29, 1.82) is 0 Å². The predicted octanol–water partition coefficient (Wildman–Crippen LogP) is 5.28. The van der Waals surface area contributed by atoms with Gasteiger partial charge in [-0.2, -0.15) is 17.5 Å². The Morgan fingerprint density at radius 2 is 1.68 bits per heavy atom. The van der Waals surface area contributed by atoms with E-state index in [2.05, 4.69) is 0 Å². The summed E-state index contributed by atoms with van der Waals surface area (Å²) < 4.78 is 71.8. The molecule has 0 saturated carbocycles. The van der Waals surface area contributed by atoms with Gasteiger partial charge in [0.15, 0.2) is 0 Å². The zero-order valence-electron chi connectivity index (χ0n) is 16.5. The zero-order chi connectivity index (χ0) is 22.6. The third-order valence-electron chi connectivity index (χ3n) is 5.03. The van der Waals surface area contributed by atoms with E-state index < -0.39 is 34.3 Å². The lowest BCUT2D eigenvalue weighted by Gasteiger charge is -2.21. The van der Waals surface area contributed by atoms with Gasteiger partial charge in [-0.25, -0.2) is 13.2 Å². The van der Waals surface area contributed by atoms with Crippen LogP contribution in [0.1, 0.15) is 47.2 Å². The molecular formula is C21H21ClF3NO4S. The molecule has 0 atom stereocenters. The first kappa shape index (κ1) is 23.6. The predicted molar refractivity (Wildman–Crippen MR) is 109 cm³/mol. The number of rotatable bonds is 5. The Kier molecular flexibility index (Phi) is 7.28. The molecule has 0 unspecified atom stereocenters. The van der Waals surface area contributed by atoms with Crippen molar-refractivity contribution in [1.82, 2.24) is 4.31 Å². The van der Waals surface area contributed by atoms with Gasteiger partial charge in [-0.1, -0.05) is 42.6 Å². The molecule has 0 aliphatic carbocycles. The molecule has 1 saturated heterocycles. The van der Waals surface area contributed by atoms with Gasteiger partial charge in [0, 0.05) is 18.7 Å². The molecule has 168 valence electrons. The summed E-state index contributed by atoms with van der Waals surface area (Å²) in [5.41, 5.74) is -1.21. The number of hydrogen-bond acceptors (Lipinski definition) is 4. The second-order valence-electron chi connectivity index (χ2n) is 7.19. The fraction of sp³-hybridized carbons (Fsp3) is 0.381. The number of carbonyl (C=O) groups excluding carboxylic acids is 1. The summed E-state index contributed by atoms with van der Waals surface area (Å²) in [6.07, 6.45) is -1.25. The number of nitrogens with zero attached hydrogens (tertiary/aromatic N) is 1. The highest BCUT2D eigenvalue weighted by atomic mass is 35.5. The molecule has 10 heteroatoms. The van der Waals surface area contributed by atoms with Crippen LogP contribution in [0, 0.1) is 0 Å². The Morgan fingerprint density at radius 3 is 2.32 bits per heavy atom. The number of halogens is 4. The van der Waals surface area contributed by atoms with Gasteiger partial charge in [0.05, 0.1) is 16.1 Å². The fourth-order valence-electron chi connectivity index (χ4n) is 3.40. The van der Waals surface area contributed by atoms with E-state index >= 15 is 0 Å². The van der Waals surface area contributed by atoms with Crippen LogP contribution in [0.15, 0.2) is 47.4 Å². The summed E-state index contributed by atoms with van der Waals surface area (Å²) in [6, 6.07) is 8.43. The fourth-order valence-corrected chi connectivity index (χ4v) is 5.42. The summed E-state index contributed by atoms with van der Waals surface area (Å²) in [6.45, 7) is 0.120. The standard InChI is InChI=1S/C21H21ClF3NO4S/c22-18-10-9-15(13-19(18)31(28,29)26-11-5-1-2-6-12-26)20(27)30-14-16-7-3-4-8-17(16)21(23,24)25/h3-4,7-10,13H,1-2,5-6,11-12,14H2. The number of carbonyl (C=O) groups is 1. The lowest BCUT2D eigenvalue weighted by molar-refractivity contribution is -0.138. The first-order chi connectivity index (χ1) is 14.6. The first-order valence-electron chi connectivity index (χ1n) is 9.72. The van der Waals surface area contributed by atoms with E-state index in [9.17, 15) is 26.4 Å². The lowest BCUT2D eigenvalue weighted by atomic mass is 10.1. The molecule has 3 rings (SSSR count). The van der Waals surface area contributed by atoms with Crippen molar-refractivity contribution in [2.24, 2.45) is 0 Å². The number of benzene rings is 2. The molecule has 0 radical (unpaired) electrons. The van der Waals surface area contributed by atoms with E-state index in [4.69, 9.17) is 16.3 Å². The van der Waals surface area contributed by atoms with Crippen LogP contribution in [0.25, 0.3) is 0 Å². The van der Waals surface area contributed by atoms with Crippen molar-refractivity contribution < 1.29 is 31.1 Å². The van der Waals surface area contributed by atoms with Crippen molar-refractivity contribution in [2.75, 3.05) is 13.1 Å². The molecule has 1 aliphatic heterocycles. The Balaban J connectivity index is 1.81. The number of ether oxygens (including phenoxy) is 1. The summed E-state index contributed by atoms with van der Waals surface area (Å²) in [4.78, 5) is 12.2. The molecule has 0 bridgehead atoms. The maximum Gasteiger partial charge on any atom is 0.416 e. The van der Waals surface area contributed by atoms with Gasteiger partial charge < -0.3 is 4.74 Å². The van der Waals surface area contributed by atoms with E-state index in [1.54, 1.807) is 0 Å². The van der Waals surface area contributed by atoms with Gasteiger partial charge in [-0.3, -0.25) is 0 Å². The van der Waals surface area contributed by atoms with Crippen LogP contribution >= 0.6 is 11.6 Å². The van der Waals surface area contributed by atoms with Crippen molar-refractivity contribution in [3.63, 3.8) is 0 Å². The van der Waals surface area contributed by atoms with Gasteiger partial charge in [-0.05, 0) is 37.1 Å². The molecule has 5 nitrogen and oxygen atoms in total.